The van der Waals surface area contributed by atoms with Gasteiger partial charge in [0.15, 0.2) is 5.16 Å². The zero-order valence-corrected chi connectivity index (χ0v) is 18.3. The van der Waals surface area contributed by atoms with Gasteiger partial charge in [0.1, 0.15) is 5.82 Å². The minimum absolute atomic E-state index is 0.550. The first kappa shape index (κ1) is 20.3. The van der Waals surface area contributed by atoms with Crippen molar-refractivity contribution in [3.05, 3.63) is 105 Å². The average Bonchev–Trinajstić information content (AvgIpc) is 3.12. The van der Waals surface area contributed by atoms with E-state index in [0.717, 1.165) is 22.2 Å². The van der Waals surface area contributed by atoms with Gasteiger partial charge >= 0.3 is 0 Å². The minimum Gasteiger partial charge on any atom is -0.274 e. The molecule has 1 heterocycles. The first-order valence-corrected chi connectivity index (χ1v) is 11.0. The Bertz CT molecular complexity index is 1110. The van der Waals surface area contributed by atoms with E-state index in [1.165, 1.54) is 5.56 Å². The van der Waals surface area contributed by atoms with Crippen LogP contribution in [0, 0.1) is 0 Å². The lowest BCUT2D eigenvalue weighted by Crippen LogP contribution is -2.03. The van der Waals surface area contributed by atoms with Gasteiger partial charge in [0.2, 0.25) is 0 Å². The molecule has 0 fully saturated rings. The molecule has 4 rings (SSSR count). The second-order valence-electron chi connectivity index (χ2n) is 6.41. The zero-order valence-electron chi connectivity index (χ0n) is 15.2. The molecule has 0 bridgehead atoms. The average molecular weight is 461 g/mol. The van der Waals surface area contributed by atoms with Crippen LogP contribution in [0.4, 0.5) is 0 Å². The number of hydrogen-bond donors (Lipinski definition) is 0. The lowest BCUT2D eigenvalue weighted by atomic mass is 10.1. The molecule has 146 valence electrons. The number of hydrogen-bond acceptors (Lipinski definition) is 3. The molecule has 0 spiro atoms. The van der Waals surface area contributed by atoms with Crippen molar-refractivity contribution in [3.8, 4) is 5.69 Å². The Morgan fingerprint density at radius 3 is 2.24 bits per heavy atom. The summed E-state index contributed by atoms with van der Waals surface area (Å²) in [4.78, 5) is 0. The molecule has 7 heteroatoms. The molecule has 0 unspecified atom stereocenters. The molecule has 0 radical (unpaired) electrons. The standard InChI is InChI=1S/C22H16Cl3N3S/c23-17-7-9-18(10-8-17)28-21(13-15-4-2-1-3-5-15)26-27-22(28)29-14-16-6-11-19(24)20(25)12-16/h1-12H,13-14H2. The van der Waals surface area contributed by atoms with Crippen LogP contribution >= 0.6 is 46.6 Å². The molecule has 0 atom stereocenters. The molecule has 0 aliphatic rings. The summed E-state index contributed by atoms with van der Waals surface area (Å²) < 4.78 is 2.07. The summed E-state index contributed by atoms with van der Waals surface area (Å²) in [7, 11) is 0. The van der Waals surface area contributed by atoms with E-state index in [-0.39, 0.29) is 0 Å². The fraction of sp³-hybridized carbons (Fsp3) is 0.0909. The third kappa shape index (κ3) is 4.96. The van der Waals surface area contributed by atoms with E-state index < -0.39 is 0 Å². The summed E-state index contributed by atoms with van der Waals surface area (Å²) in [5.41, 5.74) is 3.22. The molecule has 4 aromatic rings. The second kappa shape index (κ2) is 9.23. The summed E-state index contributed by atoms with van der Waals surface area (Å²) >= 11 is 19.8. The van der Waals surface area contributed by atoms with Crippen molar-refractivity contribution in [2.45, 2.75) is 17.3 Å². The Labute approximate surface area is 188 Å². The maximum Gasteiger partial charge on any atom is 0.196 e. The van der Waals surface area contributed by atoms with Gasteiger partial charge in [0, 0.05) is 22.9 Å². The Morgan fingerprint density at radius 2 is 1.52 bits per heavy atom. The SMILES string of the molecule is Clc1ccc(-n2c(Cc3ccccc3)nnc2SCc2ccc(Cl)c(Cl)c2)cc1. The minimum atomic E-state index is 0.550. The maximum atomic E-state index is 6.15. The van der Waals surface area contributed by atoms with Gasteiger partial charge in [-0.25, -0.2) is 0 Å². The van der Waals surface area contributed by atoms with Gasteiger partial charge in [-0.15, -0.1) is 10.2 Å². The maximum absolute atomic E-state index is 6.15. The molecule has 0 saturated heterocycles. The highest BCUT2D eigenvalue weighted by atomic mass is 35.5. The van der Waals surface area contributed by atoms with Crippen LogP contribution in [-0.2, 0) is 12.2 Å². The smallest absolute Gasteiger partial charge is 0.196 e. The summed E-state index contributed by atoms with van der Waals surface area (Å²) in [5.74, 6) is 1.57. The van der Waals surface area contributed by atoms with Gasteiger partial charge in [-0.1, -0.05) is 83.0 Å². The van der Waals surface area contributed by atoms with Crippen LogP contribution in [0.2, 0.25) is 15.1 Å². The van der Waals surface area contributed by atoms with Crippen molar-refractivity contribution in [3.63, 3.8) is 0 Å². The Kier molecular flexibility index (Phi) is 6.46. The van der Waals surface area contributed by atoms with E-state index in [9.17, 15) is 0 Å². The predicted molar refractivity (Wildman–Crippen MR) is 122 cm³/mol. The number of benzene rings is 3. The molecule has 3 aromatic carbocycles. The monoisotopic (exact) mass is 459 g/mol. The molecule has 29 heavy (non-hydrogen) atoms. The van der Waals surface area contributed by atoms with E-state index in [1.807, 2.05) is 60.7 Å². The Balaban J connectivity index is 1.65. The number of rotatable bonds is 6. The van der Waals surface area contributed by atoms with E-state index in [1.54, 1.807) is 11.8 Å². The zero-order chi connectivity index (χ0) is 20.2. The first-order valence-electron chi connectivity index (χ1n) is 8.91. The van der Waals surface area contributed by atoms with Crippen LogP contribution in [-0.4, -0.2) is 14.8 Å². The van der Waals surface area contributed by atoms with Crippen molar-refractivity contribution >= 4 is 46.6 Å². The third-order valence-electron chi connectivity index (χ3n) is 4.34. The molecule has 0 amide bonds. The summed E-state index contributed by atoms with van der Waals surface area (Å²) in [6, 6.07) is 23.6. The van der Waals surface area contributed by atoms with Crippen LogP contribution in [0.3, 0.4) is 0 Å². The molecule has 1 aromatic heterocycles. The van der Waals surface area contributed by atoms with Gasteiger partial charge in [0.25, 0.3) is 0 Å². The topological polar surface area (TPSA) is 30.7 Å². The number of nitrogens with zero attached hydrogens (tertiary/aromatic N) is 3. The number of aromatic nitrogens is 3. The molecule has 3 nitrogen and oxygen atoms in total. The summed E-state index contributed by atoms with van der Waals surface area (Å²) in [5, 5.41) is 11.5. The largest absolute Gasteiger partial charge is 0.274 e. The normalized spacial score (nSPS) is 11.0. The predicted octanol–water partition coefficient (Wildman–Crippen LogP) is 7.11. The second-order valence-corrected chi connectivity index (χ2v) is 8.60. The Hall–Kier alpha value is -1.98. The van der Waals surface area contributed by atoms with Gasteiger partial charge in [-0.05, 0) is 47.5 Å². The molecule has 0 N–H and O–H groups in total. The quantitative estimate of drug-likeness (QED) is 0.287. The van der Waals surface area contributed by atoms with Crippen LogP contribution in [0.15, 0.2) is 78.0 Å². The van der Waals surface area contributed by atoms with Crippen LogP contribution in [0.1, 0.15) is 17.0 Å². The summed E-state index contributed by atoms with van der Waals surface area (Å²) in [6.07, 6.45) is 0.684. The molecule has 0 aliphatic heterocycles. The lowest BCUT2D eigenvalue weighted by Gasteiger charge is -2.11. The highest BCUT2D eigenvalue weighted by Crippen LogP contribution is 2.29. The number of thioether (sulfide) groups is 1. The van der Waals surface area contributed by atoms with Gasteiger partial charge in [0.05, 0.1) is 10.0 Å². The van der Waals surface area contributed by atoms with Crippen molar-refractivity contribution < 1.29 is 0 Å². The van der Waals surface area contributed by atoms with Gasteiger partial charge in [-0.3, -0.25) is 4.57 Å². The fourth-order valence-electron chi connectivity index (χ4n) is 2.91. The van der Waals surface area contributed by atoms with Crippen molar-refractivity contribution in [2.75, 3.05) is 0 Å². The summed E-state index contributed by atoms with van der Waals surface area (Å²) in [6.45, 7) is 0. The lowest BCUT2D eigenvalue weighted by molar-refractivity contribution is 0.848. The highest BCUT2D eigenvalue weighted by Gasteiger charge is 2.15. The van der Waals surface area contributed by atoms with Crippen LogP contribution < -0.4 is 0 Å². The van der Waals surface area contributed by atoms with Crippen molar-refractivity contribution in [1.29, 1.82) is 0 Å². The third-order valence-corrected chi connectivity index (χ3v) is 6.33. The van der Waals surface area contributed by atoms with E-state index >= 15 is 0 Å². The van der Waals surface area contributed by atoms with E-state index in [2.05, 4.69) is 26.9 Å². The highest BCUT2D eigenvalue weighted by molar-refractivity contribution is 7.98. The molecular formula is C22H16Cl3N3S. The van der Waals surface area contributed by atoms with Crippen molar-refractivity contribution in [1.82, 2.24) is 14.8 Å². The molecule has 0 saturated carbocycles. The van der Waals surface area contributed by atoms with Gasteiger partial charge < -0.3 is 0 Å². The first-order chi connectivity index (χ1) is 14.1. The van der Waals surface area contributed by atoms with E-state index in [0.29, 0.717) is 27.2 Å². The molecular weight excluding hydrogens is 445 g/mol. The molecule has 0 aliphatic carbocycles. The van der Waals surface area contributed by atoms with E-state index in [4.69, 9.17) is 34.8 Å². The van der Waals surface area contributed by atoms with Crippen LogP contribution in [0.25, 0.3) is 5.69 Å². The van der Waals surface area contributed by atoms with Crippen LogP contribution in [0.5, 0.6) is 0 Å². The van der Waals surface area contributed by atoms with Crippen molar-refractivity contribution in [2.24, 2.45) is 0 Å². The Morgan fingerprint density at radius 1 is 0.759 bits per heavy atom. The number of halogens is 3. The van der Waals surface area contributed by atoms with Gasteiger partial charge in [-0.2, -0.15) is 0 Å². The fourth-order valence-corrected chi connectivity index (χ4v) is 4.27.